The molecule has 2 unspecified atom stereocenters. The van der Waals surface area contributed by atoms with Crippen molar-refractivity contribution in [3.63, 3.8) is 0 Å². The molecule has 0 aliphatic heterocycles. The molecule has 1 N–H and O–H groups in total. The van der Waals surface area contributed by atoms with Gasteiger partial charge in [0, 0.05) is 23.7 Å². The van der Waals surface area contributed by atoms with E-state index in [1.807, 2.05) is 0 Å². The summed E-state index contributed by atoms with van der Waals surface area (Å²) in [6.45, 7) is 7.61. The molecule has 0 amide bonds. The fourth-order valence-electron chi connectivity index (χ4n) is 3.24. The summed E-state index contributed by atoms with van der Waals surface area (Å²) in [6.07, 6.45) is 5.42. The Morgan fingerprint density at radius 3 is 3.05 bits per heavy atom. The van der Waals surface area contributed by atoms with Crippen LogP contribution in [-0.4, -0.2) is 15.4 Å². The lowest BCUT2D eigenvalue weighted by molar-refractivity contribution is 0.299. The maximum Gasteiger partial charge on any atom is 0.194 e. The van der Waals surface area contributed by atoms with Crippen molar-refractivity contribution in [3.05, 3.63) is 22.5 Å². The highest BCUT2D eigenvalue weighted by Crippen LogP contribution is 2.25. The van der Waals surface area contributed by atoms with Crippen LogP contribution in [0, 0.1) is 19.8 Å². The molecule has 0 bridgehead atoms. The Balaban J connectivity index is 1.74. The molecule has 104 valence electrons. The van der Waals surface area contributed by atoms with E-state index < -0.39 is 0 Å². The van der Waals surface area contributed by atoms with E-state index in [0.717, 1.165) is 17.4 Å². The second-order valence-corrected chi connectivity index (χ2v) is 6.83. The Hall–Kier alpha value is -0.870. The van der Waals surface area contributed by atoms with Gasteiger partial charge in [-0.1, -0.05) is 19.8 Å². The van der Waals surface area contributed by atoms with Crippen LogP contribution < -0.4 is 5.32 Å². The molecule has 0 saturated heterocycles. The molecular formula is C15H23N3S. The van der Waals surface area contributed by atoms with Gasteiger partial charge in [-0.25, -0.2) is 4.98 Å². The van der Waals surface area contributed by atoms with E-state index in [0.29, 0.717) is 6.04 Å². The van der Waals surface area contributed by atoms with Crippen molar-refractivity contribution in [1.82, 2.24) is 14.7 Å². The molecular weight excluding hydrogens is 254 g/mol. The topological polar surface area (TPSA) is 29.3 Å². The van der Waals surface area contributed by atoms with E-state index in [1.54, 1.807) is 11.3 Å². The van der Waals surface area contributed by atoms with Gasteiger partial charge in [0.25, 0.3) is 0 Å². The Kier molecular flexibility index (Phi) is 3.63. The van der Waals surface area contributed by atoms with Crippen molar-refractivity contribution in [2.45, 2.75) is 59.0 Å². The van der Waals surface area contributed by atoms with E-state index in [-0.39, 0.29) is 0 Å². The van der Waals surface area contributed by atoms with Crippen molar-refractivity contribution in [3.8, 4) is 0 Å². The van der Waals surface area contributed by atoms with Gasteiger partial charge in [-0.05, 0) is 32.6 Å². The van der Waals surface area contributed by atoms with Crippen LogP contribution in [-0.2, 0) is 6.54 Å². The third-order valence-electron chi connectivity index (χ3n) is 4.32. The molecule has 0 radical (unpaired) electrons. The lowest BCUT2D eigenvalue weighted by Crippen LogP contribution is -2.33. The van der Waals surface area contributed by atoms with Crippen LogP contribution in [0.15, 0.2) is 5.38 Å². The zero-order chi connectivity index (χ0) is 13.4. The predicted molar refractivity (Wildman–Crippen MR) is 80.8 cm³/mol. The first-order valence-corrected chi connectivity index (χ1v) is 8.18. The molecule has 2 heterocycles. The van der Waals surface area contributed by atoms with Gasteiger partial charge < -0.3 is 5.32 Å². The Morgan fingerprint density at radius 2 is 2.26 bits per heavy atom. The van der Waals surface area contributed by atoms with Crippen molar-refractivity contribution >= 4 is 16.3 Å². The van der Waals surface area contributed by atoms with Gasteiger partial charge >= 0.3 is 0 Å². The number of hydrogen-bond donors (Lipinski definition) is 1. The third-order valence-corrected chi connectivity index (χ3v) is 5.27. The minimum atomic E-state index is 0.688. The molecule has 1 aliphatic rings. The van der Waals surface area contributed by atoms with Gasteiger partial charge in [0.05, 0.1) is 11.4 Å². The average Bonchev–Trinajstić information content (AvgIpc) is 2.87. The number of nitrogens with zero attached hydrogens (tertiary/aromatic N) is 2. The number of rotatable bonds is 3. The van der Waals surface area contributed by atoms with E-state index in [9.17, 15) is 0 Å². The molecule has 1 saturated carbocycles. The van der Waals surface area contributed by atoms with Gasteiger partial charge in [0.1, 0.15) is 0 Å². The smallest absolute Gasteiger partial charge is 0.194 e. The minimum absolute atomic E-state index is 0.688. The average molecular weight is 277 g/mol. The summed E-state index contributed by atoms with van der Waals surface area (Å²) in [5.74, 6) is 0.876. The molecule has 3 rings (SSSR count). The summed E-state index contributed by atoms with van der Waals surface area (Å²) < 4.78 is 2.30. The predicted octanol–water partition coefficient (Wildman–Crippen LogP) is 3.68. The lowest BCUT2D eigenvalue weighted by Gasteiger charge is -2.27. The zero-order valence-corrected chi connectivity index (χ0v) is 12.9. The maximum atomic E-state index is 4.65. The second kappa shape index (κ2) is 5.25. The van der Waals surface area contributed by atoms with Crippen LogP contribution in [0.25, 0.3) is 4.96 Å². The summed E-state index contributed by atoms with van der Waals surface area (Å²) in [5, 5.41) is 5.94. The molecule has 19 heavy (non-hydrogen) atoms. The SMILES string of the molecule is Cc1nc2scc(C)n2c1CNC1CCCC(C)C1. The van der Waals surface area contributed by atoms with Gasteiger partial charge in [-0.3, -0.25) is 4.40 Å². The number of thiazole rings is 1. The van der Waals surface area contributed by atoms with Crippen LogP contribution in [0.5, 0.6) is 0 Å². The molecule has 0 aromatic carbocycles. The quantitative estimate of drug-likeness (QED) is 0.927. The summed E-state index contributed by atoms with van der Waals surface area (Å²) in [5.41, 5.74) is 3.81. The Bertz CT molecular complexity index is 569. The number of imidazole rings is 1. The summed E-state index contributed by atoms with van der Waals surface area (Å²) in [7, 11) is 0. The normalized spacial score (nSPS) is 24.2. The van der Waals surface area contributed by atoms with Gasteiger partial charge in [-0.2, -0.15) is 0 Å². The van der Waals surface area contributed by atoms with E-state index in [2.05, 4.69) is 40.9 Å². The van der Waals surface area contributed by atoms with E-state index >= 15 is 0 Å². The minimum Gasteiger partial charge on any atom is -0.308 e. The summed E-state index contributed by atoms with van der Waals surface area (Å²) in [6, 6.07) is 0.688. The van der Waals surface area contributed by atoms with Crippen LogP contribution >= 0.6 is 11.3 Å². The molecule has 2 aromatic rings. The number of nitrogens with one attached hydrogen (secondary N) is 1. The summed E-state index contributed by atoms with van der Waals surface area (Å²) >= 11 is 1.73. The fraction of sp³-hybridized carbons (Fsp3) is 0.667. The highest BCUT2D eigenvalue weighted by molar-refractivity contribution is 7.15. The van der Waals surface area contributed by atoms with E-state index in [1.165, 1.54) is 42.8 Å². The highest BCUT2D eigenvalue weighted by Gasteiger charge is 2.19. The molecule has 4 heteroatoms. The number of aromatic nitrogens is 2. The van der Waals surface area contributed by atoms with Gasteiger partial charge in [0.15, 0.2) is 4.96 Å². The van der Waals surface area contributed by atoms with Crippen molar-refractivity contribution in [1.29, 1.82) is 0 Å². The van der Waals surface area contributed by atoms with Crippen molar-refractivity contribution in [2.24, 2.45) is 5.92 Å². The largest absolute Gasteiger partial charge is 0.308 e. The lowest BCUT2D eigenvalue weighted by atomic mass is 9.87. The first kappa shape index (κ1) is 13.1. The number of hydrogen-bond acceptors (Lipinski definition) is 3. The second-order valence-electron chi connectivity index (χ2n) is 5.99. The van der Waals surface area contributed by atoms with Crippen molar-refractivity contribution < 1.29 is 0 Å². The fourth-order valence-corrected chi connectivity index (χ4v) is 4.17. The first-order valence-electron chi connectivity index (χ1n) is 7.30. The van der Waals surface area contributed by atoms with Crippen LogP contribution in [0.4, 0.5) is 0 Å². The monoisotopic (exact) mass is 277 g/mol. The number of fused-ring (bicyclic) bond motifs is 1. The first-order chi connectivity index (χ1) is 9.15. The third kappa shape index (κ3) is 2.56. The van der Waals surface area contributed by atoms with Gasteiger partial charge in [0.2, 0.25) is 0 Å². The highest BCUT2D eigenvalue weighted by atomic mass is 32.1. The molecule has 1 aliphatic carbocycles. The molecule has 2 aromatic heterocycles. The zero-order valence-electron chi connectivity index (χ0n) is 12.1. The molecule has 1 fully saturated rings. The Labute approximate surface area is 119 Å². The van der Waals surface area contributed by atoms with Crippen LogP contribution in [0.2, 0.25) is 0 Å². The number of aryl methyl sites for hydroxylation is 2. The maximum absolute atomic E-state index is 4.65. The molecule has 0 spiro atoms. The molecule has 2 atom stereocenters. The standard InChI is InChI=1S/C15H23N3S/c1-10-5-4-6-13(7-10)16-8-14-12(3)17-15-18(14)11(2)9-19-15/h9-10,13,16H,4-8H2,1-3H3. The summed E-state index contributed by atoms with van der Waals surface area (Å²) in [4.78, 5) is 5.78. The van der Waals surface area contributed by atoms with Crippen molar-refractivity contribution in [2.75, 3.05) is 0 Å². The molecule has 3 nitrogen and oxygen atoms in total. The van der Waals surface area contributed by atoms with Gasteiger partial charge in [-0.15, -0.1) is 11.3 Å². The Morgan fingerprint density at radius 1 is 1.42 bits per heavy atom. The van der Waals surface area contributed by atoms with E-state index in [4.69, 9.17) is 0 Å². The van der Waals surface area contributed by atoms with Crippen LogP contribution in [0.1, 0.15) is 49.7 Å². The van der Waals surface area contributed by atoms with Crippen LogP contribution in [0.3, 0.4) is 0 Å².